The lowest BCUT2D eigenvalue weighted by molar-refractivity contribution is -0.149. The van der Waals surface area contributed by atoms with E-state index in [4.69, 9.17) is 9.94 Å². The molecule has 1 rings (SSSR count). The van der Waals surface area contributed by atoms with Crippen LogP contribution in [0.15, 0.2) is 16.8 Å². The Morgan fingerprint density at radius 3 is 2.76 bits per heavy atom. The summed E-state index contributed by atoms with van der Waals surface area (Å²) in [6.45, 7) is 8.25. The molecule has 0 unspecified atom stereocenters. The molecule has 1 N–H and O–H groups in total. The van der Waals surface area contributed by atoms with Crippen molar-refractivity contribution < 1.29 is 14.7 Å². The van der Waals surface area contributed by atoms with E-state index in [9.17, 15) is 4.79 Å². The molecule has 0 saturated carbocycles. The first kappa shape index (κ1) is 13.7. The first-order chi connectivity index (χ1) is 8.01. The van der Waals surface area contributed by atoms with E-state index in [0.29, 0.717) is 24.7 Å². The molecule has 0 fully saturated rings. The third-order valence-electron chi connectivity index (χ3n) is 3.28. The molecule has 0 bridgehead atoms. The van der Waals surface area contributed by atoms with Gasteiger partial charge >= 0.3 is 5.97 Å². The smallest absolute Gasteiger partial charge is 0.313 e. The van der Waals surface area contributed by atoms with Crippen LogP contribution in [-0.2, 0) is 9.53 Å². The Balaban J connectivity index is 3.01. The van der Waals surface area contributed by atoms with Crippen molar-refractivity contribution in [2.24, 2.45) is 22.9 Å². The summed E-state index contributed by atoms with van der Waals surface area (Å²) in [6.07, 6.45) is 2.40. The van der Waals surface area contributed by atoms with Gasteiger partial charge in [0.1, 0.15) is 0 Å². The molecule has 0 saturated heterocycles. The summed E-state index contributed by atoms with van der Waals surface area (Å²) in [6, 6.07) is 0. The van der Waals surface area contributed by atoms with Crippen LogP contribution in [0.1, 0.15) is 34.1 Å². The van der Waals surface area contributed by atoms with Gasteiger partial charge in [0.15, 0.2) is 0 Å². The van der Waals surface area contributed by atoms with E-state index >= 15 is 0 Å². The first-order valence-corrected chi connectivity index (χ1v) is 6.07. The van der Waals surface area contributed by atoms with Crippen molar-refractivity contribution in [2.45, 2.75) is 34.1 Å². The van der Waals surface area contributed by atoms with Gasteiger partial charge in [-0.15, -0.1) is 0 Å². The number of hydrogen-bond acceptors (Lipinski definition) is 4. The fraction of sp³-hybridized carbons (Fsp3) is 0.692. The predicted octanol–water partition coefficient (Wildman–Crippen LogP) is 2.62. The van der Waals surface area contributed by atoms with Gasteiger partial charge in [0, 0.05) is 0 Å². The van der Waals surface area contributed by atoms with E-state index in [1.54, 1.807) is 6.08 Å². The fourth-order valence-electron chi connectivity index (χ4n) is 2.39. The van der Waals surface area contributed by atoms with E-state index in [1.807, 2.05) is 13.8 Å². The lowest BCUT2D eigenvalue weighted by Gasteiger charge is -2.32. The van der Waals surface area contributed by atoms with Gasteiger partial charge in [0.05, 0.1) is 18.2 Å². The largest absolute Gasteiger partial charge is 0.466 e. The monoisotopic (exact) mass is 239 g/mol. The number of hydrogen-bond donors (Lipinski definition) is 1. The zero-order valence-corrected chi connectivity index (χ0v) is 10.9. The summed E-state index contributed by atoms with van der Waals surface area (Å²) < 4.78 is 5.12. The van der Waals surface area contributed by atoms with Crippen LogP contribution in [0.5, 0.6) is 0 Å². The summed E-state index contributed by atoms with van der Waals surface area (Å²) in [5.41, 5.74) is 1.56. The fourth-order valence-corrected chi connectivity index (χ4v) is 2.39. The number of esters is 1. The minimum Gasteiger partial charge on any atom is -0.466 e. The summed E-state index contributed by atoms with van der Waals surface area (Å²) in [7, 11) is 0. The number of allylic oxidation sites excluding steroid dienone is 1. The first-order valence-electron chi connectivity index (χ1n) is 6.07. The molecule has 0 aromatic heterocycles. The average molecular weight is 239 g/mol. The van der Waals surface area contributed by atoms with Crippen molar-refractivity contribution in [2.75, 3.05) is 6.61 Å². The van der Waals surface area contributed by atoms with Gasteiger partial charge in [-0.25, -0.2) is 0 Å². The summed E-state index contributed by atoms with van der Waals surface area (Å²) >= 11 is 0. The molecule has 0 amide bonds. The Hall–Kier alpha value is -1.32. The predicted molar refractivity (Wildman–Crippen MR) is 66.0 cm³/mol. The van der Waals surface area contributed by atoms with E-state index < -0.39 is 0 Å². The minimum absolute atomic E-state index is 0.143. The third-order valence-corrected chi connectivity index (χ3v) is 3.28. The lowest BCUT2D eigenvalue weighted by atomic mass is 9.73. The number of oxime groups is 1. The minimum atomic E-state index is -0.208. The molecule has 0 radical (unpaired) electrons. The molecule has 0 spiro atoms. The van der Waals surface area contributed by atoms with Crippen LogP contribution >= 0.6 is 0 Å². The number of rotatable bonds is 3. The highest BCUT2D eigenvalue weighted by Gasteiger charge is 2.36. The molecule has 4 heteroatoms. The van der Waals surface area contributed by atoms with Gasteiger partial charge in [-0.1, -0.05) is 24.6 Å². The van der Waals surface area contributed by atoms with Crippen LogP contribution in [0.3, 0.4) is 0 Å². The average Bonchev–Trinajstić information content (AvgIpc) is 2.27. The molecule has 2 atom stereocenters. The maximum Gasteiger partial charge on any atom is 0.313 e. The van der Waals surface area contributed by atoms with Crippen molar-refractivity contribution >= 4 is 11.7 Å². The maximum atomic E-state index is 12.0. The normalized spacial score (nSPS) is 27.1. The molecule has 0 heterocycles. The van der Waals surface area contributed by atoms with Gasteiger partial charge in [-0.05, 0) is 38.2 Å². The second kappa shape index (κ2) is 5.84. The van der Waals surface area contributed by atoms with Gasteiger partial charge in [0.2, 0.25) is 0 Å². The van der Waals surface area contributed by atoms with Gasteiger partial charge < -0.3 is 9.94 Å². The number of ether oxygens (including phenoxy) is 1. The van der Waals surface area contributed by atoms with Crippen LogP contribution in [0.4, 0.5) is 0 Å². The van der Waals surface area contributed by atoms with Crippen LogP contribution in [0, 0.1) is 17.8 Å². The Kier molecular flexibility index (Phi) is 4.73. The molecule has 0 aromatic carbocycles. The van der Waals surface area contributed by atoms with Gasteiger partial charge in [-0.2, -0.15) is 0 Å². The van der Waals surface area contributed by atoms with Crippen molar-refractivity contribution in [3.63, 3.8) is 0 Å². The highest BCUT2D eigenvalue weighted by atomic mass is 16.5. The van der Waals surface area contributed by atoms with Crippen LogP contribution < -0.4 is 0 Å². The summed E-state index contributed by atoms with van der Waals surface area (Å²) in [5, 5.41) is 12.1. The number of nitrogens with zero attached hydrogens (tertiary/aromatic N) is 1. The van der Waals surface area contributed by atoms with Gasteiger partial charge in [-0.3, -0.25) is 4.79 Å². The standard InChI is InChI=1S/C13H21NO3/c1-5-17-13(15)12-9(4)6-10(14-16)7-11(12)8(2)3/h6,8,11-12,16H,5,7H2,1-4H3/b14-10-/t11-,12+/m1/s1. The van der Waals surface area contributed by atoms with Crippen molar-refractivity contribution in [1.82, 2.24) is 0 Å². The molecule has 96 valence electrons. The Morgan fingerprint density at radius 2 is 2.29 bits per heavy atom. The quantitative estimate of drug-likeness (QED) is 0.468. The highest BCUT2D eigenvalue weighted by Crippen LogP contribution is 2.35. The topological polar surface area (TPSA) is 58.9 Å². The summed E-state index contributed by atoms with van der Waals surface area (Å²) in [5.74, 6) is 0.104. The number of carbonyl (C=O) groups is 1. The highest BCUT2D eigenvalue weighted by molar-refractivity contribution is 5.98. The second-order valence-corrected chi connectivity index (χ2v) is 4.82. The van der Waals surface area contributed by atoms with E-state index in [0.717, 1.165) is 5.57 Å². The third kappa shape index (κ3) is 3.08. The summed E-state index contributed by atoms with van der Waals surface area (Å²) in [4.78, 5) is 12.0. The van der Waals surface area contributed by atoms with E-state index in [2.05, 4.69) is 19.0 Å². The molecule has 17 heavy (non-hydrogen) atoms. The Morgan fingerprint density at radius 1 is 1.65 bits per heavy atom. The zero-order chi connectivity index (χ0) is 13.0. The van der Waals surface area contributed by atoms with Gasteiger partial charge in [0.25, 0.3) is 0 Å². The number of carbonyl (C=O) groups excluding carboxylic acids is 1. The van der Waals surface area contributed by atoms with E-state index in [1.165, 1.54) is 0 Å². The molecule has 1 aliphatic carbocycles. The zero-order valence-electron chi connectivity index (χ0n) is 10.9. The maximum absolute atomic E-state index is 12.0. The molecular weight excluding hydrogens is 218 g/mol. The van der Waals surface area contributed by atoms with Crippen LogP contribution in [0.25, 0.3) is 0 Å². The molecule has 0 aromatic rings. The lowest BCUT2D eigenvalue weighted by Crippen LogP contribution is -2.34. The second-order valence-electron chi connectivity index (χ2n) is 4.82. The van der Waals surface area contributed by atoms with Crippen molar-refractivity contribution in [3.8, 4) is 0 Å². The molecule has 0 aliphatic heterocycles. The molecule has 1 aliphatic rings. The van der Waals surface area contributed by atoms with Crippen molar-refractivity contribution in [1.29, 1.82) is 0 Å². The molecule has 4 nitrogen and oxygen atoms in total. The Bertz CT molecular complexity index is 345. The molecular formula is C13H21NO3. The SMILES string of the molecule is CCOC(=O)[C@H]1C(C)=C/C(=N/O)C[C@@H]1C(C)C. The van der Waals surface area contributed by atoms with Crippen LogP contribution in [0.2, 0.25) is 0 Å². The van der Waals surface area contributed by atoms with E-state index in [-0.39, 0.29) is 17.8 Å². The van der Waals surface area contributed by atoms with Crippen molar-refractivity contribution in [3.05, 3.63) is 11.6 Å². The Labute approximate surface area is 102 Å². The van der Waals surface area contributed by atoms with Crippen LogP contribution in [-0.4, -0.2) is 23.5 Å².